The van der Waals surface area contributed by atoms with Crippen LogP contribution in [0.15, 0.2) is 24.3 Å². The van der Waals surface area contributed by atoms with Crippen LogP contribution in [0.2, 0.25) is 0 Å². The van der Waals surface area contributed by atoms with Crippen molar-refractivity contribution in [1.82, 2.24) is 0 Å². The normalized spacial score (nSPS) is 11.8. The highest BCUT2D eigenvalue weighted by molar-refractivity contribution is 5.66. The van der Waals surface area contributed by atoms with E-state index in [2.05, 4.69) is 31.2 Å². The zero-order chi connectivity index (χ0) is 22.7. The zero-order valence-electron chi connectivity index (χ0n) is 20.9. The first-order valence-corrected chi connectivity index (χ1v) is 13.8. The van der Waals surface area contributed by atoms with Crippen molar-refractivity contribution in [3.63, 3.8) is 0 Å². The first kappa shape index (κ1) is 29.9. The van der Waals surface area contributed by atoms with E-state index >= 15 is 0 Å². The minimum Gasteiger partial charge on any atom is -0.481 e. The van der Waals surface area contributed by atoms with Crippen LogP contribution < -0.4 is 0 Å². The van der Waals surface area contributed by atoms with E-state index in [0.29, 0.717) is 0 Å². The second-order valence-electron chi connectivity index (χ2n) is 9.25. The summed E-state index contributed by atoms with van der Waals surface area (Å²) in [4.78, 5) is 10.4. The lowest BCUT2D eigenvalue weighted by atomic mass is 10.0. The standard InChI is InChI=1S/C29H54O2/c1-2-3-4-5-6-7-8-9-10-11-12-13-14-15-16-17-18-19-20-21-22-23-24-25-26-27-28-29(30)31/h20-21,24-25H,2-19,22-23,26-28H2,1H3,(H,30,31)/b21-20+,25-24+. The van der Waals surface area contributed by atoms with Crippen molar-refractivity contribution in [2.75, 3.05) is 0 Å². The fourth-order valence-corrected chi connectivity index (χ4v) is 4.02. The van der Waals surface area contributed by atoms with Crippen LogP contribution in [-0.2, 0) is 4.79 Å². The molecule has 0 saturated heterocycles. The average molecular weight is 435 g/mol. The Bertz CT molecular complexity index is 411. The number of hydrogen-bond donors (Lipinski definition) is 1. The van der Waals surface area contributed by atoms with Crippen LogP contribution in [0.5, 0.6) is 0 Å². The first-order valence-electron chi connectivity index (χ1n) is 13.8. The van der Waals surface area contributed by atoms with Gasteiger partial charge in [0, 0.05) is 6.42 Å². The molecular weight excluding hydrogens is 380 g/mol. The molecule has 0 aromatic rings. The van der Waals surface area contributed by atoms with Gasteiger partial charge >= 0.3 is 5.97 Å². The van der Waals surface area contributed by atoms with E-state index in [1.807, 2.05) is 0 Å². The molecule has 0 saturated carbocycles. The SMILES string of the molecule is CCCCCCCCCCCCCCCCCCC/C=C/CC/C=C/CCCC(=O)O. The molecule has 1 N–H and O–H groups in total. The molecule has 0 aromatic heterocycles. The minimum atomic E-state index is -0.694. The molecule has 0 atom stereocenters. The maximum absolute atomic E-state index is 10.4. The van der Waals surface area contributed by atoms with Crippen molar-refractivity contribution in [3.05, 3.63) is 24.3 Å². The quantitative estimate of drug-likeness (QED) is 0.115. The van der Waals surface area contributed by atoms with Crippen molar-refractivity contribution in [2.45, 2.75) is 155 Å². The summed E-state index contributed by atoms with van der Waals surface area (Å²) < 4.78 is 0. The van der Waals surface area contributed by atoms with Crippen LogP contribution in [0.4, 0.5) is 0 Å². The highest BCUT2D eigenvalue weighted by Gasteiger charge is 1.95. The molecule has 0 amide bonds. The fourth-order valence-electron chi connectivity index (χ4n) is 4.02. The molecule has 31 heavy (non-hydrogen) atoms. The Kier molecular flexibility index (Phi) is 26.1. The van der Waals surface area contributed by atoms with Crippen molar-refractivity contribution in [3.8, 4) is 0 Å². The van der Waals surface area contributed by atoms with Gasteiger partial charge < -0.3 is 5.11 Å². The number of carboxylic acid groups (broad SMARTS) is 1. The third-order valence-electron chi connectivity index (χ3n) is 6.07. The smallest absolute Gasteiger partial charge is 0.303 e. The van der Waals surface area contributed by atoms with E-state index in [9.17, 15) is 4.79 Å². The summed E-state index contributed by atoms with van der Waals surface area (Å²) in [5, 5.41) is 8.57. The van der Waals surface area contributed by atoms with E-state index in [4.69, 9.17) is 5.11 Å². The molecule has 0 fully saturated rings. The molecule has 0 unspecified atom stereocenters. The van der Waals surface area contributed by atoms with Crippen LogP contribution in [0.3, 0.4) is 0 Å². The van der Waals surface area contributed by atoms with Gasteiger partial charge in [-0.3, -0.25) is 4.79 Å². The predicted octanol–water partition coefficient (Wildman–Crippen LogP) is 10.2. The number of hydrogen-bond acceptors (Lipinski definition) is 1. The molecule has 182 valence electrons. The second-order valence-corrected chi connectivity index (χ2v) is 9.25. The van der Waals surface area contributed by atoms with Crippen LogP contribution >= 0.6 is 0 Å². The Labute approximate surface area is 195 Å². The average Bonchev–Trinajstić information content (AvgIpc) is 2.76. The van der Waals surface area contributed by atoms with Crippen LogP contribution in [0.25, 0.3) is 0 Å². The first-order chi connectivity index (χ1) is 15.3. The lowest BCUT2D eigenvalue weighted by Crippen LogP contribution is -1.92. The van der Waals surface area contributed by atoms with Gasteiger partial charge in [-0.2, -0.15) is 0 Å². The Morgan fingerprint density at radius 2 is 0.806 bits per heavy atom. The summed E-state index contributed by atoms with van der Waals surface area (Å²) in [5.41, 5.74) is 0. The molecule has 0 aliphatic carbocycles. The molecule has 0 rings (SSSR count). The van der Waals surface area contributed by atoms with E-state index in [1.54, 1.807) is 0 Å². The van der Waals surface area contributed by atoms with Crippen LogP contribution in [-0.4, -0.2) is 11.1 Å². The van der Waals surface area contributed by atoms with Gasteiger partial charge in [0.15, 0.2) is 0 Å². The maximum atomic E-state index is 10.4. The molecule has 0 aromatic carbocycles. The monoisotopic (exact) mass is 434 g/mol. The molecule has 0 heterocycles. The molecule has 2 nitrogen and oxygen atoms in total. The Balaban J connectivity index is 3.12. The number of aliphatic carboxylic acids is 1. The molecule has 2 heteroatoms. The van der Waals surface area contributed by atoms with Crippen molar-refractivity contribution < 1.29 is 9.90 Å². The summed E-state index contributed by atoms with van der Waals surface area (Å²) in [7, 11) is 0. The van der Waals surface area contributed by atoms with Crippen molar-refractivity contribution in [1.29, 1.82) is 0 Å². The lowest BCUT2D eigenvalue weighted by Gasteiger charge is -2.03. The van der Waals surface area contributed by atoms with E-state index in [1.165, 1.54) is 116 Å². The van der Waals surface area contributed by atoms with Gasteiger partial charge in [0.25, 0.3) is 0 Å². The van der Waals surface area contributed by atoms with Gasteiger partial charge in [-0.15, -0.1) is 0 Å². The van der Waals surface area contributed by atoms with E-state index in [0.717, 1.165) is 25.7 Å². The summed E-state index contributed by atoms with van der Waals surface area (Å²) in [6.07, 6.45) is 38.6. The molecule has 0 aliphatic heterocycles. The van der Waals surface area contributed by atoms with Gasteiger partial charge in [0.1, 0.15) is 0 Å². The Morgan fingerprint density at radius 3 is 1.19 bits per heavy atom. The summed E-state index contributed by atoms with van der Waals surface area (Å²) in [6.45, 7) is 2.29. The van der Waals surface area contributed by atoms with Crippen molar-refractivity contribution >= 4 is 5.97 Å². The number of carboxylic acids is 1. The number of allylic oxidation sites excluding steroid dienone is 4. The van der Waals surface area contributed by atoms with Gasteiger partial charge in [-0.1, -0.05) is 134 Å². The summed E-state index contributed by atoms with van der Waals surface area (Å²) >= 11 is 0. The van der Waals surface area contributed by atoms with E-state index < -0.39 is 5.97 Å². The molecular formula is C29H54O2. The van der Waals surface area contributed by atoms with Gasteiger partial charge in [0.05, 0.1) is 0 Å². The maximum Gasteiger partial charge on any atom is 0.303 e. The van der Waals surface area contributed by atoms with Crippen molar-refractivity contribution in [2.24, 2.45) is 0 Å². The molecule has 0 bridgehead atoms. The van der Waals surface area contributed by atoms with E-state index in [-0.39, 0.29) is 6.42 Å². The fraction of sp³-hybridized carbons (Fsp3) is 0.828. The number of unbranched alkanes of at least 4 members (excludes halogenated alkanes) is 19. The molecule has 0 aliphatic rings. The number of carbonyl (C=O) groups is 1. The predicted molar refractivity (Wildman–Crippen MR) is 138 cm³/mol. The zero-order valence-corrected chi connectivity index (χ0v) is 20.9. The third-order valence-corrected chi connectivity index (χ3v) is 6.07. The third kappa shape index (κ3) is 28.9. The topological polar surface area (TPSA) is 37.3 Å². The second kappa shape index (κ2) is 27.0. The summed E-state index contributed by atoms with van der Waals surface area (Å²) in [6, 6.07) is 0. The van der Waals surface area contributed by atoms with Gasteiger partial charge in [-0.05, 0) is 38.5 Å². The van der Waals surface area contributed by atoms with Gasteiger partial charge in [0.2, 0.25) is 0 Å². The summed E-state index contributed by atoms with van der Waals surface area (Å²) in [5.74, 6) is -0.694. The Morgan fingerprint density at radius 1 is 0.484 bits per heavy atom. The molecule has 0 radical (unpaired) electrons. The molecule has 0 spiro atoms. The minimum absolute atomic E-state index is 0.281. The highest BCUT2D eigenvalue weighted by Crippen LogP contribution is 2.14. The Hall–Kier alpha value is -1.05. The largest absolute Gasteiger partial charge is 0.481 e. The van der Waals surface area contributed by atoms with Gasteiger partial charge in [-0.25, -0.2) is 0 Å². The lowest BCUT2D eigenvalue weighted by molar-refractivity contribution is -0.137. The highest BCUT2D eigenvalue weighted by atomic mass is 16.4. The van der Waals surface area contributed by atoms with Crippen LogP contribution in [0.1, 0.15) is 155 Å². The number of rotatable bonds is 25. The van der Waals surface area contributed by atoms with Crippen LogP contribution in [0, 0.1) is 0 Å².